The molecule has 0 bridgehead atoms. The number of anilines is 1. The average Bonchev–Trinajstić information content (AvgIpc) is 2.88. The highest BCUT2D eigenvalue weighted by atomic mass is 32.2. The number of hydrogen-bond donors (Lipinski definition) is 2. The van der Waals surface area contributed by atoms with Crippen molar-refractivity contribution in [3.63, 3.8) is 0 Å². The van der Waals surface area contributed by atoms with Crippen LogP contribution in [0.15, 0.2) is 53.6 Å². The Bertz CT molecular complexity index is 872. The van der Waals surface area contributed by atoms with Crippen molar-refractivity contribution in [1.82, 2.24) is 14.8 Å². The lowest BCUT2D eigenvalue weighted by atomic mass is 10.3. The standard InChI is InChI=1S/C18H23N5O2S2/c19-27(24,25)17-7-5-15(6-8-17)21-18(26)23-11-3-10-22(12-13-23)14-16-4-1-2-9-20-16/h1-2,4-9H,3,10-14H2,(H,21,26)(H2,19,24,25). The smallest absolute Gasteiger partial charge is 0.238 e. The van der Waals surface area contributed by atoms with Gasteiger partial charge in [-0.15, -0.1) is 0 Å². The van der Waals surface area contributed by atoms with Crippen molar-refractivity contribution in [2.75, 3.05) is 31.5 Å². The fraction of sp³-hybridized carbons (Fsp3) is 0.333. The summed E-state index contributed by atoms with van der Waals surface area (Å²) in [5.41, 5.74) is 1.81. The molecule has 0 atom stereocenters. The molecule has 0 radical (unpaired) electrons. The van der Waals surface area contributed by atoms with Gasteiger partial charge in [0, 0.05) is 44.6 Å². The van der Waals surface area contributed by atoms with Crippen LogP contribution in [0.1, 0.15) is 12.1 Å². The first-order valence-electron chi connectivity index (χ1n) is 8.73. The molecule has 1 aromatic heterocycles. The van der Waals surface area contributed by atoms with Crippen LogP contribution in [0.5, 0.6) is 0 Å². The van der Waals surface area contributed by atoms with Crippen LogP contribution in [0.4, 0.5) is 5.69 Å². The predicted octanol–water partition coefficient (Wildman–Crippen LogP) is 1.63. The Balaban J connectivity index is 1.55. The Morgan fingerprint density at radius 1 is 1.11 bits per heavy atom. The maximum atomic E-state index is 11.3. The predicted molar refractivity (Wildman–Crippen MR) is 110 cm³/mol. The molecular weight excluding hydrogens is 382 g/mol. The molecule has 1 aliphatic heterocycles. The summed E-state index contributed by atoms with van der Waals surface area (Å²) in [5, 5.41) is 8.93. The summed E-state index contributed by atoms with van der Waals surface area (Å²) in [7, 11) is -3.69. The van der Waals surface area contributed by atoms with Crippen molar-refractivity contribution in [2.45, 2.75) is 17.9 Å². The SMILES string of the molecule is NS(=O)(=O)c1ccc(NC(=S)N2CCCN(Cc3ccccn3)CC2)cc1. The molecule has 0 aliphatic carbocycles. The van der Waals surface area contributed by atoms with Crippen molar-refractivity contribution in [3.05, 3.63) is 54.4 Å². The van der Waals surface area contributed by atoms with Gasteiger partial charge in [0.05, 0.1) is 10.6 Å². The lowest BCUT2D eigenvalue weighted by Crippen LogP contribution is -2.37. The van der Waals surface area contributed by atoms with E-state index in [1.807, 2.05) is 24.4 Å². The molecule has 0 spiro atoms. The molecule has 7 nitrogen and oxygen atoms in total. The van der Waals surface area contributed by atoms with E-state index in [0.29, 0.717) is 5.11 Å². The Kier molecular flexibility index (Phi) is 6.38. The molecule has 9 heteroatoms. The number of nitrogens with zero attached hydrogens (tertiary/aromatic N) is 3. The first-order chi connectivity index (χ1) is 12.9. The van der Waals surface area contributed by atoms with Gasteiger partial charge < -0.3 is 10.2 Å². The molecule has 0 unspecified atom stereocenters. The van der Waals surface area contributed by atoms with Gasteiger partial charge in [-0.1, -0.05) is 6.07 Å². The van der Waals surface area contributed by atoms with Gasteiger partial charge >= 0.3 is 0 Å². The zero-order valence-electron chi connectivity index (χ0n) is 14.9. The van der Waals surface area contributed by atoms with Gasteiger partial charge in [0.2, 0.25) is 10.0 Å². The van der Waals surface area contributed by atoms with Crippen LogP contribution in [0.3, 0.4) is 0 Å². The Morgan fingerprint density at radius 2 is 1.89 bits per heavy atom. The van der Waals surface area contributed by atoms with Gasteiger partial charge in [-0.25, -0.2) is 13.6 Å². The van der Waals surface area contributed by atoms with Crippen LogP contribution in [-0.2, 0) is 16.6 Å². The fourth-order valence-electron chi connectivity index (χ4n) is 2.98. The number of nitrogens with one attached hydrogen (secondary N) is 1. The molecule has 3 N–H and O–H groups in total. The van der Waals surface area contributed by atoms with Gasteiger partial charge in [0.25, 0.3) is 0 Å². The average molecular weight is 406 g/mol. The second kappa shape index (κ2) is 8.75. The second-order valence-corrected chi connectivity index (χ2v) is 8.39. The molecule has 2 heterocycles. The summed E-state index contributed by atoms with van der Waals surface area (Å²) in [6.07, 6.45) is 2.83. The third kappa shape index (κ3) is 5.70. The third-order valence-corrected chi connectivity index (χ3v) is 5.71. The lowest BCUT2D eigenvalue weighted by molar-refractivity contribution is 0.275. The third-order valence-electron chi connectivity index (χ3n) is 4.42. The van der Waals surface area contributed by atoms with Crippen LogP contribution in [0, 0.1) is 0 Å². The molecule has 2 aromatic rings. The number of pyridine rings is 1. The highest BCUT2D eigenvalue weighted by molar-refractivity contribution is 7.89. The lowest BCUT2D eigenvalue weighted by Gasteiger charge is -2.24. The number of thiocarbonyl (C=S) groups is 1. The minimum Gasteiger partial charge on any atom is -0.348 e. The number of primary sulfonamides is 1. The highest BCUT2D eigenvalue weighted by Gasteiger charge is 2.17. The molecule has 0 saturated carbocycles. The van der Waals surface area contributed by atoms with Crippen LogP contribution >= 0.6 is 12.2 Å². The largest absolute Gasteiger partial charge is 0.348 e. The number of aromatic nitrogens is 1. The van der Waals surface area contributed by atoms with E-state index >= 15 is 0 Å². The van der Waals surface area contributed by atoms with Crippen LogP contribution in [0.2, 0.25) is 0 Å². The monoisotopic (exact) mass is 405 g/mol. The molecule has 1 fully saturated rings. The maximum Gasteiger partial charge on any atom is 0.238 e. The van der Waals surface area contributed by atoms with E-state index in [1.165, 1.54) is 12.1 Å². The minimum atomic E-state index is -3.69. The first kappa shape index (κ1) is 19.7. The highest BCUT2D eigenvalue weighted by Crippen LogP contribution is 2.14. The topological polar surface area (TPSA) is 91.6 Å². The molecule has 1 saturated heterocycles. The normalized spacial score (nSPS) is 16.0. The van der Waals surface area contributed by atoms with E-state index in [0.717, 1.165) is 50.5 Å². The number of rotatable bonds is 4. The van der Waals surface area contributed by atoms with Crippen LogP contribution < -0.4 is 10.5 Å². The molecule has 1 aliphatic rings. The van der Waals surface area contributed by atoms with Gasteiger partial charge in [-0.3, -0.25) is 9.88 Å². The molecular formula is C18H23N5O2S2. The maximum absolute atomic E-state index is 11.3. The summed E-state index contributed by atoms with van der Waals surface area (Å²) in [6.45, 7) is 4.44. The van der Waals surface area contributed by atoms with Gasteiger partial charge in [-0.05, 0) is 55.0 Å². The number of nitrogens with two attached hydrogens (primary N) is 1. The molecule has 3 rings (SSSR count). The van der Waals surface area contributed by atoms with Crippen LogP contribution in [0.25, 0.3) is 0 Å². The van der Waals surface area contributed by atoms with E-state index in [1.54, 1.807) is 12.1 Å². The van der Waals surface area contributed by atoms with Crippen molar-refractivity contribution in [1.29, 1.82) is 0 Å². The van der Waals surface area contributed by atoms with E-state index < -0.39 is 10.0 Å². The van der Waals surface area contributed by atoms with Gasteiger partial charge in [-0.2, -0.15) is 0 Å². The Labute approximate surface area is 165 Å². The molecule has 27 heavy (non-hydrogen) atoms. The summed E-state index contributed by atoms with van der Waals surface area (Å²) in [4.78, 5) is 9.00. The first-order valence-corrected chi connectivity index (χ1v) is 10.7. The number of sulfonamides is 1. The zero-order valence-corrected chi connectivity index (χ0v) is 16.5. The second-order valence-electron chi connectivity index (χ2n) is 6.44. The fourth-order valence-corrected chi connectivity index (χ4v) is 3.80. The zero-order chi connectivity index (χ0) is 19.3. The van der Waals surface area contributed by atoms with Gasteiger partial charge in [0.1, 0.15) is 0 Å². The minimum absolute atomic E-state index is 0.0823. The summed E-state index contributed by atoms with van der Waals surface area (Å²) in [6, 6.07) is 12.2. The summed E-state index contributed by atoms with van der Waals surface area (Å²) < 4.78 is 22.7. The quantitative estimate of drug-likeness (QED) is 0.747. The number of hydrogen-bond acceptors (Lipinski definition) is 5. The van der Waals surface area contributed by atoms with E-state index in [2.05, 4.69) is 20.1 Å². The van der Waals surface area contributed by atoms with E-state index in [9.17, 15) is 8.42 Å². The summed E-state index contributed by atoms with van der Waals surface area (Å²) in [5.74, 6) is 0. The van der Waals surface area contributed by atoms with Crippen LogP contribution in [-0.4, -0.2) is 54.5 Å². The van der Waals surface area contributed by atoms with E-state index in [4.69, 9.17) is 17.4 Å². The molecule has 144 valence electrons. The molecule has 1 aromatic carbocycles. The summed E-state index contributed by atoms with van der Waals surface area (Å²) >= 11 is 5.53. The van der Waals surface area contributed by atoms with Crippen molar-refractivity contribution >= 4 is 33.0 Å². The van der Waals surface area contributed by atoms with Crippen molar-refractivity contribution in [3.8, 4) is 0 Å². The van der Waals surface area contributed by atoms with Crippen molar-refractivity contribution in [2.24, 2.45) is 5.14 Å². The van der Waals surface area contributed by atoms with Gasteiger partial charge in [0.15, 0.2) is 5.11 Å². The van der Waals surface area contributed by atoms with E-state index in [-0.39, 0.29) is 4.90 Å². The van der Waals surface area contributed by atoms with Crippen molar-refractivity contribution < 1.29 is 8.42 Å². The Hall–Kier alpha value is -2.07. The number of benzene rings is 1. The Morgan fingerprint density at radius 3 is 2.56 bits per heavy atom. The molecule has 0 amide bonds.